The second kappa shape index (κ2) is 5.36. The average molecular weight is 236 g/mol. The van der Waals surface area contributed by atoms with E-state index in [1.165, 1.54) is 7.11 Å². The van der Waals surface area contributed by atoms with Crippen molar-refractivity contribution in [1.82, 2.24) is 0 Å². The predicted molar refractivity (Wildman–Crippen MR) is 38.7 cm³/mol. The second-order valence-corrected chi connectivity index (χ2v) is 2.67. The van der Waals surface area contributed by atoms with Crippen molar-refractivity contribution in [1.29, 1.82) is 0 Å². The van der Waals surface area contributed by atoms with Gasteiger partial charge in [0.25, 0.3) is 0 Å². The molecular formula is C7H9F5O3. The summed E-state index contributed by atoms with van der Waals surface area (Å²) >= 11 is 0. The molecule has 0 spiro atoms. The first kappa shape index (κ1) is 14.2. The lowest BCUT2D eigenvalue weighted by molar-refractivity contribution is -0.296. The molecule has 0 rings (SSSR count). The van der Waals surface area contributed by atoms with Gasteiger partial charge in [-0.05, 0) is 0 Å². The van der Waals surface area contributed by atoms with Crippen LogP contribution in [0.4, 0.5) is 22.0 Å². The molecule has 0 unspecified atom stereocenters. The molecular weight excluding hydrogens is 227 g/mol. The van der Waals surface area contributed by atoms with Crippen LogP contribution >= 0.6 is 0 Å². The molecule has 0 aliphatic heterocycles. The highest BCUT2D eigenvalue weighted by molar-refractivity contribution is 5.80. The summed E-state index contributed by atoms with van der Waals surface area (Å²) in [6.07, 6.45) is -5.67. The number of Topliss-reactive ketones (excluding diaryl/α,β-unsaturated/α-hetero) is 1. The van der Waals surface area contributed by atoms with Gasteiger partial charge in [0.1, 0.15) is 19.8 Å². The maximum absolute atomic E-state index is 12.2. The Morgan fingerprint density at radius 1 is 1.13 bits per heavy atom. The van der Waals surface area contributed by atoms with Gasteiger partial charge < -0.3 is 9.47 Å². The smallest absolute Gasteiger partial charge is 0.377 e. The van der Waals surface area contributed by atoms with E-state index in [1.807, 2.05) is 0 Å². The quantitative estimate of drug-likeness (QED) is 0.654. The van der Waals surface area contributed by atoms with Crippen molar-refractivity contribution in [3.63, 3.8) is 0 Å². The Morgan fingerprint density at radius 2 is 1.67 bits per heavy atom. The first-order valence-corrected chi connectivity index (χ1v) is 3.73. The zero-order chi connectivity index (χ0) is 12.1. The van der Waals surface area contributed by atoms with Gasteiger partial charge in [0.15, 0.2) is 5.78 Å². The number of ether oxygens (including phenoxy) is 2. The normalized spacial score (nSPS) is 12.9. The molecule has 90 valence electrons. The van der Waals surface area contributed by atoms with Gasteiger partial charge in [-0.2, -0.15) is 22.0 Å². The van der Waals surface area contributed by atoms with Crippen LogP contribution in [0.3, 0.4) is 0 Å². The number of carbonyl (C=O) groups is 1. The lowest BCUT2D eigenvalue weighted by Gasteiger charge is -2.18. The topological polar surface area (TPSA) is 35.5 Å². The molecule has 0 aromatic carbocycles. The number of rotatable bonds is 6. The van der Waals surface area contributed by atoms with E-state index in [1.54, 1.807) is 0 Å². The van der Waals surface area contributed by atoms with E-state index in [2.05, 4.69) is 9.47 Å². The van der Waals surface area contributed by atoms with Crippen molar-refractivity contribution < 1.29 is 36.2 Å². The van der Waals surface area contributed by atoms with Crippen LogP contribution in [0, 0.1) is 0 Å². The SMILES string of the molecule is COCC(=O)COCC(F)(F)C(F)(F)F. The number of halogens is 5. The van der Waals surface area contributed by atoms with Crippen molar-refractivity contribution >= 4 is 5.78 Å². The molecule has 8 heteroatoms. The summed E-state index contributed by atoms with van der Waals surface area (Å²) in [5.41, 5.74) is 0. The van der Waals surface area contributed by atoms with Crippen LogP contribution in [0.5, 0.6) is 0 Å². The Hall–Kier alpha value is -0.760. The summed E-state index contributed by atoms with van der Waals surface area (Å²) in [7, 11) is 1.18. The molecule has 0 aromatic rings. The van der Waals surface area contributed by atoms with Gasteiger partial charge >= 0.3 is 12.1 Å². The molecule has 15 heavy (non-hydrogen) atoms. The maximum Gasteiger partial charge on any atom is 0.455 e. The van der Waals surface area contributed by atoms with E-state index in [9.17, 15) is 26.7 Å². The molecule has 0 aliphatic rings. The molecule has 0 fully saturated rings. The minimum Gasteiger partial charge on any atom is -0.377 e. The number of carbonyl (C=O) groups excluding carboxylic acids is 1. The number of alkyl halides is 5. The summed E-state index contributed by atoms with van der Waals surface area (Å²) in [5, 5.41) is 0. The van der Waals surface area contributed by atoms with Crippen molar-refractivity contribution in [2.45, 2.75) is 12.1 Å². The zero-order valence-corrected chi connectivity index (χ0v) is 7.74. The lowest BCUT2D eigenvalue weighted by Crippen LogP contribution is -2.41. The zero-order valence-electron chi connectivity index (χ0n) is 7.74. The highest BCUT2D eigenvalue weighted by Gasteiger charge is 2.57. The third kappa shape index (κ3) is 5.03. The summed E-state index contributed by atoms with van der Waals surface area (Å²) < 4.78 is 67.3. The Balaban J connectivity index is 3.91. The maximum atomic E-state index is 12.2. The molecule has 0 bridgehead atoms. The minimum atomic E-state index is -5.67. The van der Waals surface area contributed by atoms with Crippen LogP contribution in [0.1, 0.15) is 0 Å². The number of hydrogen-bond acceptors (Lipinski definition) is 3. The number of methoxy groups -OCH3 is 1. The van der Waals surface area contributed by atoms with Crippen molar-refractivity contribution in [3.05, 3.63) is 0 Å². The predicted octanol–water partition coefficient (Wildman–Crippen LogP) is 1.42. The molecule has 3 nitrogen and oxygen atoms in total. The first-order valence-electron chi connectivity index (χ1n) is 3.73. The van der Waals surface area contributed by atoms with E-state index in [-0.39, 0.29) is 0 Å². The van der Waals surface area contributed by atoms with Crippen LogP contribution < -0.4 is 0 Å². The molecule has 0 radical (unpaired) electrons. The highest BCUT2D eigenvalue weighted by atomic mass is 19.4. The van der Waals surface area contributed by atoms with E-state index in [4.69, 9.17) is 0 Å². The standard InChI is InChI=1S/C7H9F5O3/c1-14-2-5(13)3-15-4-6(8,9)7(10,11)12/h2-4H2,1H3. The van der Waals surface area contributed by atoms with Gasteiger partial charge in [-0.25, -0.2) is 0 Å². The summed E-state index contributed by atoms with van der Waals surface area (Å²) in [4.78, 5) is 10.6. The molecule has 0 aliphatic carbocycles. The third-order valence-electron chi connectivity index (χ3n) is 1.27. The van der Waals surface area contributed by atoms with Crippen molar-refractivity contribution in [2.24, 2.45) is 0 Å². The fraction of sp³-hybridized carbons (Fsp3) is 0.857. The minimum absolute atomic E-state index is 0.391. The van der Waals surface area contributed by atoms with Crippen LogP contribution in [0.2, 0.25) is 0 Å². The van der Waals surface area contributed by atoms with Crippen LogP contribution in [-0.4, -0.2) is 44.8 Å². The number of ketones is 1. The third-order valence-corrected chi connectivity index (χ3v) is 1.27. The Kier molecular flexibility index (Phi) is 5.09. The van der Waals surface area contributed by atoms with Crippen molar-refractivity contribution in [2.75, 3.05) is 26.9 Å². The van der Waals surface area contributed by atoms with Gasteiger partial charge in [0, 0.05) is 7.11 Å². The van der Waals surface area contributed by atoms with Gasteiger partial charge in [-0.3, -0.25) is 4.79 Å². The van der Waals surface area contributed by atoms with Gasteiger partial charge in [0.05, 0.1) is 0 Å². The van der Waals surface area contributed by atoms with Crippen LogP contribution in [-0.2, 0) is 14.3 Å². The fourth-order valence-corrected chi connectivity index (χ4v) is 0.578. The van der Waals surface area contributed by atoms with E-state index in [0.29, 0.717) is 0 Å². The molecule has 0 aromatic heterocycles. The molecule has 0 atom stereocenters. The fourth-order valence-electron chi connectivity index (χ4n) is 0.578. The highest BCUT2D eigenvalue weighted by Crippen LogP contribution is 2.35. The molecule has 0 N–H and O–H groups in total. The monoisotopic (exact) mass is 236 g/mol. The first-order chi connectivity index (χ1) is 6.70. The van der Waals surface area contributed by atoms with Gasteiger partial charge in [-0.15, -0.1) is 0 Å². The van der Waals surface area contributed by atoms with E-state index >= 15 is 0 Å². The van der Waals surface area contributed by atoms with Gasteiger partial charge in [0.2, 0.25) is 0 Å². The Morgan fingerprint density at radius 3 is 2.07 bits per heavy atom. The summed E-state index contributed by atoms with van der Waals surface area (Å²) in [5.74, 6) is -5.66. The van der Waals surface area contributed by atoms with E-state index in [0.717, 1.165) is 0 Å². The lowest BCUT2D eigenvalue weighted by atomic mass is 10.3. The number of hydrogen-bond donors (Lipinski definition) is 0. The van der Waals surface area contributed by atoms with Crippen LogP contribution in [0.25, 0.3) is 0 Å². The second-order valence-electron chi connectivity index (χ2n) is 2.67. The Bertz CT molecular complexity index is 213. The summed E-state index contributed by atoms with van der Waals surface area (Å²) in [6.45, 7) is -3.09. The van der Waals surface area contributed by atoms with Gasteiger partial charge in [-0.1, -0.05) is 0 Å². The van der Waals surface area contributed by atoms with Crippen molar-refractivity contribution in [3.8, 4) is 0 Å². The molecule has 0 amide bonds. The average Bonchev–Trinajstić information content (AvgIpc) is 2.01. The van der Waals surface area contributed by atoms with Crippen LogP contribution in [0.15, 0.2) is 0 Å². The largest absolute Gasteiger partial charge is 0.455 e. The molecule has 0 heterocycles. The summed E-state index contributed by atoms with van der Waals surface area (Å²) in [6, 6.07) is 0. The molecule has 0 saturated heterocycles. The Labute approximate surface area is 82.1 Å². The van der Waals surface area contributed by atoms with E-state index < -0.39 is 37.7 Å². The molecule has 0 saturated carbocycles.